The predicted molar refractivity (Wildman–Crippen MR) is 108 cm³/mol. The van der Waals surface area contributed by atoms with Gasteiger partial charge >= 0.3 is 0 Å². The van der Waals surface area contributed by atoms with Crippen LogP contribution in [0.25, 0.3) is 5.82 Å². The molecule has 7 nitrogen and oxygen atoms in total. The van der Waals surface area contributed by atoms with Crippen LogP contribution in [0.2, 0.25) is 0 Å². The van der Waals surface area contributed by atoms with Gasteiger partial charge in [-0.05, 0) is 61.0 Å². The number of anilines is 3. The highest BCUT2D eigenvalue weighted by atomic mass is 16.1. The van der Waals surface area contributed by atoms with Gasteiger partial charge in [0.2, 0.25) is 0 Å². The molecule has 28 heavy (non-hydrogen) atoms. The molecule has 2 N–H and O–H groups in total. The third-order valence-corrected chi connectivity index (χ3v) is 4.19. The summed E-state index contributed by atoms with van der Waals surface area (Å²) in [6.07, 6.45) is 3.49. The number of carbonyl (C=O) groups is 1. The molecule has 0 aliphatic carbocycles. The number of hydrogen-bond acceptors (Lipinski definition) is 5. The van der Waals surface area contributed by atoms with Crippen LogP contribution in [0.4, 0.5) is 17.2 Å². The smallest absolute Gasteiger partial charge is 0.255 e. The Morgan fingerprint density at radius 2 is 1.68 bits per heavy atom. The summed E-state index contributed by atoms with van der Waals surface area (Å²) < 4.78 is 1.64. The minimum atomic E-state index is -0.126. The van der Waals surface area contributed by atoms with Crippen LogP contribution in [0, 0.1) is 6.92 Å². The third-order valence-electron chi connectivity index (χ3n) is 4.19. The third kappa shape index (κ3) is 3.88. The van der Waals surface area contributed by atoms with Gasteiger partial charge in [0.15, 0.2) is 11.6 Å². The van der Waals surface area contributed by atoms with Crippen molar-refractivity contribution in [2.75, 3.05) is 10.6 Å². The summed E-state index contributed by atoms with van der Waals surface area (Å²) in [5.41, 5.74) is 3.17. The molecule has 4 aromatic rings. The topological polar surface area (TPSA) is 84.7 Å². The molecule has 0 radical (unpaired) electrons. The molecule has 0 fully saturated rings. The lowest BCUT2D eigenvalue weighted by molar-refractivity contribution is 0.102. The maximum Gasteiger partial charge on any atom is 0.255 e. The normalized spacial score (nSPS) is 10.5. The van der Waals surface area contributed by atoms with Crippen molar-refractivity contribution in [3.63, 3.8) is 0 Å². The van der Waals surface area contributed by atoms with Gasteiger partial charge in [-0.25, -0.2) is 4.68 Å². The molecule has 4 rings (SSSR count). The lowest BCUT2D eigenvalue weighted by atomic mass is 10.1. The second kappa shape index (κ2) is 7.71. The standard InChI is InChI=1S/C21H18N6O/c1-15-5-2-3-6-18(15)21(28)24-17-9-7-16(8-10-17)23-19-11-12-20(26-25-19)27-14-4-13-22-27/h2-14H,1H3,(H,23,25)(H,24,28). The molecule has 1 amide bonds. The number of hydrogen-bond donors (Lipinski definition) is 2. The van der Waals surface area contributed by atoms with E-state index in [1.54, 1.807) is 17.1 Å². The molecule has 2 aromatic carbocycles. The molecular formula is C21H18N6O. The van der Waals surface area contributed by atoms with E-state index in [1.165, 1.54) is 0 Å². The van der Waals surface area contributed by atoms with Crippen LogP contribution in [0.3, 0.4) is 0 Å². The molecule has 0 saturated carbocycles. The molecule has 0 atom stereocenters. The second-order valence-electron chi connectivity index (χ2n) is 6.20. The monoisotopic (exact) mass is 370 g/mol. The molecule has 0 saturated heterocycles. The maximum absolute atomic E-state index is 12.4. The van der Waals surface area contributed by atoms with E-state index in [1.807, 2.05) is 73.7 Å². The summed E-state index contributed by atoms with van der Waals surface area (Å²) in [5.74, 6) is 1.14. The number of carbonyl (C=O) groups excluding carboxylic acids is 1. The maximum atomic E-state index is 12.4. The quantitative estimate of drug-likeness (QED) is 0.555. The predicted octanol–water partition coefficient (Wildman–Crippen LogP) is 3.97. The Bertz CT molecular complexity index is 1070. The molecule has 0 unspecified atom stereocenters. The zero-order chi connectivity index (χ0) is 19.3. The molecule has 7 heteroatoms. The Morgan fingerprint density at radius 3 is 2.36 bits per heavy atom. The van der Waals surface area contributed by atoms with Gasteiger partial charge in [-0.1, -0.05) is 18.2 Å². The number of nitrogens with zero attached hydrogens (tertiary/aromatic N) is 4. The number of benzene rings is 2. The second-order valence-corrected chi connectivity index (χ2v) is 6.20. The van der Waals surface area contributed by atoms with Gasteiger partial charge in [-0.3, -0.25) is 4.79 Å². The lowest BCUT2D eigenvalue weighted by Crippen LogP contribution is -2.13. The highest BCUT2D eigenvalue weighted by molar-refractivity contribution is 6.05. The van der Waals surface area contributed by atoms with Crippen molar-refractivity contribution in [2.45, 2.75) is 6.92 Å². The molecule has 0 aliphatic rings. The van der Waals surface area contributed by atoms with E-state index in [-0.39, 0.29) is 5.91 Å². The van der Waals surface area contributed by atoms with Crippen molar-refractivity contribution in [2.24, 2.45) is 0 Å². The van der Waals surface area contributed by atoms with Gasteiger partial charge in [0.25, 0.3) is 5.91 Å². The molecule has 0 aliphatic heterocycles. The van der Waals surface area contributed by atoms with Crippen LogP contribution in [-0.4, -0.2) is 25.9 Å². The van der Waals surface area contributed by atoms with Gasteiger partial charge in [0.1, 0.15) is 0 Å². The van der Waals surface area contributed by atoms with Crippen LogP contribution in [0.1, 0.15) is 15.9 Å². The highest BCUT2D eigenvalue weighted by Crippen LogP contribution is 2.19. The fourth-order valence-electron chi connectivity index (χ4n) is 2.73. The van der Waals surface area contributed by atoms with E-state index >= 15 is 0 Å². The van der Waals surface area contributed by atoms with E-state index in [2.05, 4.69) is 25.9 Å². The van der Waals surface area contributed by atoms with Crippen molar-refractivity contribution < 1.29 is 4.79 Å². The minimum absolute atomic E-state index is 0.126. The van der Waals surface area contributed by atoms with Crippen LogP contribution < -0.4 is 10.6 Å². The summed E-state index contributed by atoms with van der Waals surface area (Å²) in [7, 11) is 0. The summed E-state index contributed by atoms with van der Waals surface area (Å²) in [6, 6.07) is 20.4. The van der Waals surface area contributed by atoms with Crippen LogP contribution in [0.15, 0.2) is 79.1 Å². The number of rotatable bonds is 5. The first kappa shape index (κ1) is 17.4. The number of aryl methyl sites for hydroxylation is 1. The molecule has 0 bridgehead atoms. The minimum Gasteiger partial charge on any atom is -0.339 e. The van der Waals surface area contributed by atoms with E-state index in [0.29, 0.717) is 17.2 Å². The Hall–Kier alpha value is -4.00. The fraction of sp³-hybridized carbons (Fsp3) is 0.0476. The van der Waals surface area contributed by atoms with Crippen LogP contribution >= 0.6 is 0 Å². The lowest BCUT2D eigenvalue weighted by Gasteiger charge is -2.09. The number of amides is 1. The van der Waals surface area contributed by atoms with Crippen LogP contribution in [0.5, 0.6) is 0 Å². The first-order chi connectivity index (χ1) is 13.7. The molecule has 0 spiro atoms. The number of nitrogens with one attached hydrogen (secondary N) is 2. The summed E-state index contributed by atoms with van der Waals surface area (Å²) in [4.78, 5) is 12.4. The summed E-state index contributed by atoms with van der Waals surface area (Å²) >= 11 is 0. The van der Waals surface area contributed by atoms with Gasteiger partial charge in [-0.15, -0.1) is 10.2 Å². The van der Waals surface area contributed by atoms with Gasteiger partial charge in [-0.2, -0.15) is 5.10 Å². The summed E-state index contributed by atoms with van der Waals surface area (Å²) in [6.45, 7) is 1.92. The molecule has 138 valence electrons. The van der Waals surface area contributed by atoms with Gasteiger partial charge in [0.05, 0.1) is 0 Å². The van der Waals surface area contributed by atoms with E-state index in [9.17, 15) is 4.79 Å². The van der Waals surface area contributed by atoms with E-state index in [0.717, 1.165) is 16.9 Å². The average Bonchev–Trinajstić information content (AvgIpc) is 3.25. The average molecular weight is 370 g/mol. The molecule has 2 aromatic heterocycles. The molecule has 2 heterocycles. The Kier molecular flexibility index (Phi) is 4.79. The largest absolute Gasteiger partial charge is 0.339 e. The number of aromatic nitrogens is 4. The van der Waals surface area contributed by atoms with Crippen molar-refractivity contribution in [3.05, 3.63) is 90.3 Å². The first-order valence-electron chi connectivity index (χ1n) is 8.77. The van der Waals surface area contributed by atoms with Crippen LogP contribution in [-0.2, 0) is 0 Å². The highest BCUT2D eigenvalue weighted by Gasteiger charge is 2.08. The fourth-order valence-corrected chi connectivity index (χ4v) is 2.73. The zero-order valence-corrected chi connectivity index (χ0v) is 15.2. The van der Waals surface area contributed by atoms with E-state index in [4.69, 9.17) is 0 Å². The SMILES string of the molecule is Cc1ccccc1C(=O)Nc1ccc(Nc2ccc(-n3cccn3)nn2)cc1. The molecular weight excluding hydrogens is 352 g/mol. The Labute approximate surface area is 162 Å². The van der Waals surface area contributed by atoms with E-state index < -0.39 is 0 Å². The van der Waals surface area contributed by atoms with Crippen molar-refractivity contribution >= 4 is 23.1 Å². The summed E-state index contributed by atoms with van der Waals surface area (Å²) in [5, 5.41) is 18.5. The van der Waals surface area contributed by atoms with Crippen molar-refractivity contribution in [1.29, 1.82) is 0 Å². The Balaban J connectivity index is 1.41. The van der Waals surface area contributed by atoms with Gasteiger partial charge < -0.3 is 10.6 Å². The van der Waals surface area contributed by atoms with Crippen molar-refractivity contribution in [1.82, 2.24) is 20.0 Å². The first-order valence-corrected chi connectivity index (χ1v) is 8.77. The van der Waals surface area contributed by atoms with Crippen molar-refractivity contribution in [3.8, 4) is 5.82 Å². The van der Waals surface area contributed by atoms with Gasteiger partial charge in [0, 0.05) is 29.3 Å². The Morgan fingerprint density at radius 1 is 0.893 bits per heavy atom. The zero-order valence-electron chi connectivity index (χ0n) is 15.2.